The molecule has 0 radical (unpaired) electrons. The lowest BCUT2D eigenvalue weighted by Gasteiger charge is -2.20. The Morgan fingerprint density at radius 2 is 1.72 bits per heavy atom. The quantitative estimate of drug-likeness (QED) is 0.383. The molecule has 3 aromatic rings. The summed E-state index contributed by atoms with van der Waals surface area (Å²) in [4.78, 5) is 24.0. The van der Waals surface area contributed by atoms with Crippen molar-refractivity contribution in [2.24, 2.45) is 5.92 Å². The van der Waals surface area contributed by atoms with Crippen molar-refractivity contribution in [1.82, 2.24) is 0 Å². The smallest absolute Gasteiger partial charge is 0.336 e. The zero-order valence-corrected chi connectivity index (χ0v) is 14.6. The molecule has 1 heterocycles. The van der Waals surface area contributed by atoms with Crippen molar-refractivity contribution in [3.05, 3.63) is 75.6 Å². The summed E-state index contributed by atoms with van der Waals surface area (Å²) < 4.78 is 10.7. The normalized spacial score (nSPS) is 12.3. The van der Waals surface area contributed by atoms with E-state index < -0.39 is 11.5 Å². The fourth-order valence-corrected chi connectivity index (χ4v) is 2.87. The van der Waals surface area contributed by atoms with Crippen LogP contribution in [0.25, 0.3) is 11.0 Å². The first kappa shape index (κ1) is 17.2. The number of hydrogen-bond acceptors (Lipinski definition) is 4. The maximum absolute atomic E-state index is 12.7. The van der Waals surface area contributed by atoms with Gasteiger partial charge >= 0.3 is 11.6 Å². The SMILES string of the molecule is CC(C)[C@H](C(=O)Oc1ccc2ccc(=O)oc2c1)c1ccc(Cl)cc1. The molecule has 1 aromatic heterocycles. The molecule has 0 unspecified atom stereocenters. The van der Waals surface area contributed by atoms with Gasteiger partial charge in [0.15, 0.2) is 0 Å². The van der Waals surface area contributed by atoms with E-state index in [1.165, 1.54) is 6.07 Å². The first-order valence-corrected chi connectivity index (χ1v) is 8.33. The van der Waals surface area contributed by atoms with Crippen LogP contribution in [0.15, 0.2) is 63.8 Å². The fraction of sp³-hybridized carbons (Fsp3) is 0.200. The van der Waals surface area contributed by atoms with Gasteiger partial charge in [0.25, 0.3) is 0 Å². The molecular formula is C20H17ClO4. The van der Waals surface area contributed by atoms with Gasteiger partial charge in [-0.25, -0.2) is 4.79 Å². The minimum absolute atomic E-state index is 0.0482. The van der Waals surface area contributed by atoms with Crippen LogP contribution < -0.4 is 10.4 Å². The Morgan fingerprint density at radius 1 is 1.04 bits per heavy atom. The zero-order valence-electron chi connectivity index (χ0n) is 13.9. The Kier molecular flexibility index (Phi) is 4.91. The van der Waals surface area contributed by atoms with Crippen LogP contribution in [-0.2, 0) is 4.79 Å². The van der Waals surface area contributed by atoms with E-state index in [1.807, 2.05) is 26.0 Å². The molecule has 0 spiro atoms. The van der Waals surface area contributed by atoms with E-state index in [2.05, 4.69) is 0 Å². The molecule has 0 saturated carbocycles. The number of carbonyl (C=O) groups is 1. The van der Waals surface area contributed by atoms with Gasteiger partial charge in [-0.05, 0) is 41.8 Å². The molecule has 0 bridgehead atoms. The summed E-state index contributed by atoms with van der Waals surface area (Å²) in [5, 5.41) is 1.38. The first-order valence-electron chi connectivity index (χ1n) is 7.95. The zero-order chi connectivity index (χ0) is 18.0. The fourth-order valence-electron chi connectivity index (χ4n) is 2.75. The van der Waals surface area contributed by atoms with Gasteiger partial charge in [-0.3, -0.25) is 4.79 Å². The highest BCUT2D eigenvalue weighted by atomic mass is 35.5. The summed E-state index contributed by atoms with van der Waals surface area (Å²) in [5.41, 5.74) is 0.777. The van der Waals surface area contributed by atoms with Gasteiger partial charge in [-0.2, -0.15) is 0 Å². The molecule has 0 aliphatic carbocycles. The van der Waals surface area contributed by atoms with Crippen molar-refractivity contribution in [3.63, 3.8) is 0 Å². The molecular weight excluding hydrogens is 340 g/mol. The predicted octanol–water partition coefficient (Wildman–Crippen LogP) is 4.79. The summed E-state index contributed by atoms with van der Waals surface area (Å²) in [6.45, 7) is 3.92. The van der Waals surface area contributed by atoms with E-state index in [-0.39, 0.29) is 11.9 Å². The molecule has 0 amide bonds. The van der Waals surface area contributed by atoms with Crippen LogP contribution >= 0.6 is 11.6 Å². The molecule has 4 nitrogen and oxygen atoms in total. The summed E-state index contributed by atoms with van der Waals surface area (Å²) in [6, 6.07) is 15.2. The maximum atomic E-state index is 12.7. The third-order valence-electron chi connectivity index (χ3n) is 3.96. The Hall–Kier alpha value is -2.59. The molecule has 1 atom stereocenters. The Labute approximate surface area is 150 Å². The van der Waals surface area contributed by atoms with Crippen molar-refractivity contribution >= 4 is 28.5 Å². The van der Waals surface area contributed by atoms with Crippen LogP contribution in [0.5, 0.6) is 5.75 Å². The van der Waals surface area contributed by atoms with E-state index >= 15 is 0 Å². The average Bonchev–Trinajstić information content (AvgIpc) is 2.56. The monoisotopic (exact) mass is 356 g/mol. The van der Waals surface area contributed by atoms with Crippen LogP contribution in [0.2, 0.25) is 5.02 Å². The average molecular weight is 357 g/mol. The van der Waals surface area contributed by atoms with Crippen molar-refractivity contribution in [1.29, 1.82) is 0 Å². The number of hydrogen-bond donors (Lipinski definition) is 0. The predicted molar refractivity (Wildman–Crippen MR) is 97.2 cm³/mol. The Bertz CT molecular complexity index is 957. The van der Waals surface area contributed by atoms with E-state index in [9.17, 15) is 9.59 Å². The lowest BCUT2D eigenvalue weighted by Crippen LogP contribution is -2.23. The minimum atomic E-state index is -0.447. The van der Waals surface area contributed by atoms with Gasteiger partial charge in [0.1, 0.15) is 11.3 Å². The number of carbonyl (C=O) groups excluding carboxylic acids is 1. The third kappa shape index (κ3) is 3.91. The molecule has 128 valence electrons. The third-order valence-corrected chi connectivity index (χ3v) is 4.21. The highest BCUT2D eigenvalue weighted by molar-refractivity contribution is 6.30. The molecule has 3 rings (SSSR count). The summed E-state index contributed by atoms with van der Waals surface area (Å²) in [7, 11) is 0. The van der Waals surface area contributed by atoms with Gasteiger partial charge in [0.2, 0.25) is 0 Å². The summed E-state index contributed by atoms with van der Waals surface area (Å²) in [6.07, 6.45) is 0. The largest absolute Gasteiger partial charge is 0.426 e. The van der Waals surface area contributed by atoms with Crippen LogP contribution in [0.3, 0.4) is 0 Å². The molecule has 0 aliphatic heterocycles. The second kappa shape index (κ2) is 7.11. The molecule has 5 heteroatoms. The first-order chi connectivity index (χ1) is 11.9. The Balaban J connectivity index is 1.88. The molecule has 2 aromatic carbocycles. The standard InChI is InChI=1S/C20H17ClO4/c1-12(2)19(14-3-7-15(21)8-4-14)20(23)24-16-9-5-13-6-10-18(22)25-17(13)11-16/h3-12,19H,1-2H3/t19-/m0/s1. The van der Waals surface area contributed by atoms with E-state index in [1.54, 1.807) is 36.4 Å². The highest BCUT2D eigenvalue weighted by Gasteiger charge is 2.26. The molecule has 0 fully saturated rings. The van der Waals surface area contributed by atoms with Crippen molar-refractivity contribution < 1.29 is 13.9 Å². The van der Waals surface area contributed by atoms with Crippen LogP contribution in [0.4, 0.5) is 0 Å². The molecule has 0 aliphatic rings. The van der Waals surface area contributed by atoms with Crippen molar-refractivity contribution in [3.8, 4) is 5.75 Å². The second-order valence-electron chi connectivity index (χ2n) is 6.15. The van der Waals surface area contributed by atoms with E-state index in [0.717, 1.165) is 10.9 Å². The van der Waals surface area contributed by atoms with Gasteiger partial charge in [-0.15, -0.1) is 0 Å². The minimum Gasteiger partial charge on any atom is -0.426 e. The maximum Gasteiger partial charge on any atom is 0.336 e. The molecule has 0 saturated heterocycles. The lowest BCUT2D eigenvalue weighted by atomic mass is 9.88. The summed E-state index contributed by atoms with van der Waals surface area (Å²) >= 11 is 5.92. The van der Waals surface area contributed by atoms with Gasteiger partial charge in [0, 0.05) is 22.5 Å². The molecule has 25 heavy (non-hydrogen) atoms. The number of fused-ring (bicyclic) bond motifs is 1. The van der Waals surface area contributed by atoms with Gasteiger partial charge in [-0.1, -0.05) is 37.6 Å². The van der Waals surface area contributed by atoms with E-state index in [0.29, 0.717) is 16.4 Å². The second-order valence-corrected chi connectivity index (χ2v) is 6.58. The lowest BCUT2D eigenvalue weighted by molar-refractivity contribution is -0.137. The highest BCUT2D eigenvalue weighted by Crippen LogP contribution is 2.29. The van der Waals surface area contributed by atoms with Crippen LogP contribution in [0.1, 0.15) is 25.3 Å². The van der Waals surface area contributed by atoms with Crippen LogP contribution in [0, 0.1) is 5.92 Å². The number of esters is 1. The number of ether oxygens (including phenoxy) is 1. The number of halogens is 1. The molecule has 0 N–H and O–H groups in total. The van der Waals surface area contributed by atoms with Crippen molar-refractivity contribution in [2.45, 2.75) is 19.8 Å². The Morgan fingerprint density at radius 3 is 2.40 bits per heavy atom. The number of rotatable bonds is 4. The van der Waals surface area contributed by atoms with Crippen molar-refractivity contribution in [2.75, 3.05) is 0 Å². The van der Waals surface area contributed by atoms with Crippen LogP contribution in [-0.4, -0.2) is 5.97 Å². The topological polar surface area (TPSA) is 56.5 Å². The van der Waals surface area contributed by atoms with E-state index in [4.69, 9.17) is 20.8 Å². The summed E-state index contributed by atoms with van der Waals surface area (Å²) in [5.74, 6) is -0.399. The van der Waals surface area contributed by atoms with Gasteiger partial charge < -0.3 is 9.15 Å². The van der Waals surface area contributed by atoms with Gasteiger partial charge in [0.05, 0.1) is 5.92 Å². The number of benzene rings is 2.